The Bertz CT molecular complexity index is 915. The van der Waals surface area contributed by atoms with Crippen LogP contribution >= 0.6 is 0 Å². The summed E-state index contributed by atoms with van der Waals surface area (Å²) in [6, 6.07) is 12.6. The lowest BCUT2D eigenvalue weighted by atomic mass is 10.1. The Balaban J connectivity index is 0.000000136. The van der Waals surface area contributed by atoms with Crippen molar-refractivity contribution in [2.24, 2.45) is 0 Å². The van der Waals surface area contributed by atoms with Crippen molar-refractivity contribution >= 4 is 27.9 Å². The van der Waals surface area contributed by atoms with Gasteiger partial charge < -0.3 is 4.74 Å². The molecular weight excluding hydrogens is 322 g/mol. The predicted molar refractivity (Wildman–Crippen MR) is 77.3 cm³/mol. The van der Waals surface area contributed by atoms with E-state index in [1.807, 2.05) is 4.72 Å². The molecule has 0 atom stereocenters. The second-order valence-corrected chi connectivity index (χ2v) is 6.30. The topological polar surface area (TPSA) is 107 Å². The van der Waals surface area contributed by atoms with Gasteiger partial charge in [-0.05, 0) is 24.3 Å². The summed E-state index contributed by atoms with van der Waals surface area (Å²) in [5.74, 6) is -1.65. The summed E-state index contributed by atoms with van der Waals surface area (Å²) in [7, 11) is -3.55. The van der Waals surface area contributed by atoms with Gasteiger partial charge in [0.2, 0.25) is 0 Å². The van der Waals surface area contributed by atoms with Gasteiger partial charge in [0, 0.05) is 0 Å². The second kappa shape index (κ2) is 5.33. The molecule has 1 amide bonds. The van der Waals surface area contributed by atoms with Crippen LogP contribution in [0.3, 0.4) is 0 Å². The summed E-state index contributed by atoms with van der Waals surface area (Å²) in [5, 5.41) is 0. The van der Waals surface area contributed by atoms with Crippen LogP contribution in [0.25, 0.3) is 0 Å². The van der Waals surface area contributed by atoms with Crippen molar-refractivity contribution in [1.82, 2.24) is 4.72 Å². The molecule has 0 aliphatic carbocycles. The van der Waals surface area contributed by atoms with Crippen LogP contribution in [-0.4, -0.2) is 26.3 Å². The van der Waals surface area contributed by atoms with Crippen molar-refractivity contribution in [3.8, 4) is 0 Å². The van der Waals surface area contributed by atoms with Gasteiger partial charge in [0.1, 0.15) is 4.90 Å². The molecule has 2 aromatic rings. The number of benzene rings is 2. The number of nitrogens with one attached hydrogen (secondary N) is 1. The van der Waals surface area contributed by atoms with E-state index in [-0.39, 0.29) is 10.5 Å². The molecule has 0 saturated heterocycles. The first-order chi connectivity index (χ1) is 10.9. The highest BCUT2D eigenvalue weighted by Crippen LogP contribution is 2.21. The fourth-order valence-electron chi connectivity index (χ4n) is 2.15. The average Bonchev–Trinajstić information content (AvgIpc) is 2.95. The zero-order chi connectivity index (χ0) is 16.6. The number of cyclic esters (lactones) is 2. The van der Waals surface area contributed by atoms with Crippen LogP contribution in [0.4, 0.5) is 0 Å². The van der Waals surface area contributed by atoms with Gasteiger partial charge in [0.15, 0.2) is 0 Å². The molecule has 2 heterocycles. The van der Waals surface area contributed by atoms with Crippen molar-refractivity contribution < 1.29 is 27.5 Å². The number of amides is 1. The number of sulfonamides is 1. The van der Waals surface area contributed by atoms with E-state index in [2.05, 4.69) is 4.74 Å². The van der Waals surface area contributed by atoms with Gasteiger partial charge in [-0.25, -0.2) is 22.7 Å². The second-order valence-electron chi connectivity index (χ2n) is 4.65. The molecule has 0 radical (unpaired) electrons. The number of carbonyl (C=O) groups is 3. The first-order valence-electron chi connectivity index (χ1n) is 6.42. The Kier molecular flexibility index (Phi) is 3.45. The zero-order valence-electron chi connectivity index (χ0n) is 11.5. The van der Waals surface area contributed by atoms with E-state index < -0.39 is 27.9 Å². The molecule has 0 unspecified atom stereocenters. The monoisotopic (exact) mass is 331 g/mol. The van der Waals surface area contributed by atoms with Crippen LogP contribution in [0.2, 0.25) is 0 Å². The van der Waals surface area contributed by atoms with Crippen molar-refractivity contribution in [3.63, 3.8) is 0 Å². The summed E-state index contributed by atoms with van der Waals surface area (Å²) in [6.45, 7) is 0. The molecule has 2 aliphatic rings. The van der Waals surface area contributed by atoms with Crippen LogP contribution in [0.15, 0.2) is 53.4 Å². The van der Waals surface area contributed by atoms with Crippen LogP contribution in [-0.2, 0) is 14.8 Å². The first-order valence-corrected chi connectivity index (χ1v) is 7.90. The SMILES string of the molecule is O=C1NS(=O)(=O)c2ccccc21.O=C1OC(=O)c2ccccc21. The maximum absolute atomic E-state index is 11.1. The minimum absolute atomic E-state index is 0.0648. The lowest BCUT2D eigenvalue weighted by Gasteiger charge is -1.91. The fraction of sp³-hybridized carbons (Fsp3) is 0. The third-order valence-electron chi connectivity index (χ3n) is 3.20. The third kappa shape index (κ3) is 2.59. The molecule has 2 aliphatic heterocycles. The average molecular weight is 331 g/mol. The molecule has 0 spiro atoms. The summed E-state index contributed by atoms with van der Waals surface area (Å²) in [6.07, 6.45) is 0. The van der Waals surface area contributed by atoms with Gasteiger partial charge >= 0.3 is 11.9 Å². The van der Waals surface area contributed by atoms with Crippen LogP contribution in [0, 0.1) is 0 Å². The number of ether oxygens (including phenoxy) is 1. The third-order valence-corrected chi connectivity index (χ3v) is 4.59. The first kappa shape index (κ1) is 14.9. The van der Waals surface area contributed by atoms with Crippen molar-refractivity contribution in [1.29, 1.82) is 0 Å². The van der Waals surface area contributed by atoms with Crippen molar-refractivity contribution in [3.05, 3.63) is 65.2 Å². The fourth-order valence-corrected chi connectivity index (χ4v) is 3.33. The normalized spacial score (nSPS) is 16.6. The number of hydrogen-bond acceptors (Lipinski definition) is 6. The Labute approximate surface area is 130 Å². The van der Waals surface area contributed by atoms with E-state index in [4.69, 9.17) is 0 Å². The molecule has 0 bridgehead atoms. The largest absolute Gasteiger partial charge is 0.386 e. The molecular formula is C15H9NO6S. The van der Waals surface area contributed by atoms with E-state index in [1.54, 1.807) is 36.4 Å². The van der Waals surface area contributed by atoms with Gasteiger partial charge in [-0.1, -0.05) is 24.3 Å². The van der Waals surface area contributed by atoms with E-state index in [9.17, 15) is 22.8 Å². The summed E-state index contributed by atoms with van der Waals surface area (Å²) >= 11 is 0. The van der Waals surface area contributed by atoms with E-state index in [1.165, 1.54) is 12.1 Å². The van der Waals surface area contributed by atoms with Gasteiger partial charge in [-0.2, -0.15) is 0 Å². The Hall–Kier alpha value is -3.00. The summed E-state index contributed by atoms with van der Waals surface area (Å²) in [5.41, 5.74) is 0.938. The number of hydrogen-bond donors (Lipinski definition) is 1. The molecule has 0 fully saturated rings. The van der Waals surface area contributed by atoms with Crippen molar-refractivity contribution in [2.45, 2.75) is 4.90 Å². The molecule has 0 aromatic heterocycles. The van der Waals surface area contributed by atoms with Crippen LogP contribution in [0.1, 0.15) is 31.1 Å². The Morgan fingerprint density at radius 2 is 1.22 bits per heavy atom. The summed E-state index contributed by atoms with van der Waals surface area (Å²) in [4.78, 5) is 32.7. The van der Waals surface area contributed by atoms with Crippen LogP contribution in [0.5, 0.6) is 0 Å². The molecule has 1 N–H and O–H groups in total. The van der Waals surface area contributed by atoms with Gasteiger partial charge in [-0.3, -0.25) is 4.79 Å². The van der Waals surface area contributed by atoms with Crippen LogP contribution < -0.4 is 4.72 Å². The quantitative estimate of drug-likeness (QED) is 0.572. The maximum Gasteiger partial charge on any atom is 0.346 e. The lowest BCUT2D eigenvalue weighted by molar-refractivity contribution is 0.0443. The van der Waals surface area contributed by atoms with E-state index in [0.717, 1.165) is 0 Å². The van der Waals surface area contributed by atoms with Gasteiger partial charge in [0.05, 0.1) is 16.7 Å². The highest BCUT2D eigenvalue weighted by atomic mass is 32.2. The minimum atomic E-state index is -3.55. The molecule has 8 heteroatoms. The Morgan fingerprint density at radius 3 is 1.74 bits per heavy atom. The summed E-state index contributed by atoms with van der Waals surface area (Å²) < 4.78 is 28.5. The standard InChI is InChI=1S/C8H4O3.C7H5NO3S/c9-7-5-3-1-2-4-6(5)8(10)11-7;9-7-5-3-1-2-4-6(5)12(10,11)8-7/h1-4H;1-4H,(H,8,9). The highest BCUT2D eigenvalue weighted by molar-refractivity contribution is 7.90. The molecule has 2 aromatic carbocycles. The van der Waals surface area contributed by atoms with Gasteiger partial charge in [-0.15, -0.1) is 0 Å². The maximum atomic E-state index is 11.1. The van der Waals surface area contributed by atoms with Crippen molar-refractivity contribution in [2.75, 3.05) is 0 Å². The van der Waals surface area contributed by atoms with E-state index in [0.29, 0.717) is 11.1 Å². The molecule has 0 saturated carbocycles. The highest BCUT2D eigenvalue weighted by Gasteiger charge is 2.31. The minimum Gasteiger partial charge on any atom is -0.386 e. The molecule has 23 heavy (non-hydrogen) atoms. The zero-order valence-corrected chi connectivity index (χ0v) is 12.3. The number of esters is 2. The predicted octanol–water partition coefficient (Wildman–Crippen LogP) is 1.12. The molecule has 116 valence electrons. The van der Waals surface area contributed by atoms with E-state index >= 15 is 0 Å². The number of fused-ring (bicyclic) bond motifs is 2. The Morgan fingerprint density at radius 1 is 0.739 bits per heavy atom. The van der Waals surface area contributed by atoms with Gasteiger partial charge in [0.25, 0.3) is 15.9 Å². The number of carbonyl (C=O) groups excluding carboxylic acids is 3. The molecule has 7 nitrogen and oxygen atoms in total. The smallest absolute Gasteiger partial charge is 0.346 e. The lowest BCUT2D eigenvalue weighted by Crippen LogP contribution is -2.20. The number of rotatable bonds is 0. The molecule has 4 rings (SSSR count).